The summed E-state index contributed by atoms with van der Waals surface area (Å²) in [5.74, 6) is 5.86. The molecule has 0 bridgehead atoms. The number of furan rings is 1. The van der Waals surface area contributed by atoms with Gasteiger partial charge in [-0.1, -0.05) is 23.9 Å². The first-order valence-electron chi connectivity index (χ1n) is 6.56. The van der Waals surface area contributed by atoms with Crippen LogP contribution < -0.4 is 11.2 Å². The highest BCUT2D eigenvalue weighted by atomic mass is 32.2. The monoisotopic (exact) mass is 333 g/mol. The van der Waals surface area contributed by atoms with Gasteiger partial charge in [0, 0.05) is 0 Å². The summed E-state index contributed by atoms with van der Waals surface area (Å²) in [6.07, 6.45) is 1.50. The van der Waals surface area contributed by atoms with Crippen LogP contribution in [0.25, 0.3) is 11.6 Å². The normalized spacial score (nSPS) is 10.7. The van der Waals surface area contributed by atoms with Gasteiger partial charge in [-0.3, -0.25) is 4.79 Å². The van der Waals surface area contributed by atoms with Crippen LogP contribution in [0.3, 0.4) is 0 Å². The minimum absolute atomic E-state index is 0.0157. The molecule has 2 aromatic heterocycles. The number of rotatable bonds is 5. The summed E-state index contributed by atoms with van der Waals surface area (Å²) in [5.41, 5.74) is 0.128. The first-order valence-corrected chi connectivity index (χ1v) is 7.55. The molecule has 0 aliphatic carbocycles. The van der Waals surface area contributed by atoms with E-state index in [1.54, 1.807) is 24.3 Å². The molecule has 23 heavy (non-hydrogen) atoms. The largest absolute Gasteiger partial charge is 0.461 e. The molecule has 0 saturated carbocycles. The molecule has 118 valence electrons. The molecule has 3 N–H and O–H groups in total. The van der Waals surface area contributed by atoms with Crippen molar-refractivity contribution in [3.8, 4) is 11.6 Å². The van der Waals surface area contributed by atoms with Crippen molar-refractivity contribution < 1.29 is 13.6 Å². The number of benzene rings is 1. The number of carbonyl (C=O) groups is 1. The number of aromatic nitrogens is 3. The van der Waals surface area contributed by atoms with E-state index < -0.39 is 5.82 Å². The lowest BCUT2D eigenvalue weighted by Crippen LogP contribution is -2.17. The van der Waals surface area contributed by atoms with E-state index in [1.165, 1.54) is 23.1 Å². The van der Waals surface area contributed by atoms with Gasteiger partial charge in [-0.15, -0.1) is 10.2 Å². The van der Waals surface area contributed by atoms with Crippen LogP contribution >= 0.6 is 11.8 Å². The predicted molar refractivity (Wildman–Crippen MR) is 83.6 cm³/mol. The topological polar surface area (TPSA) is 99.0 Å². The molecule has 3 aromatic rings. The molecule has 0 saturated heterocycles. The fourth-order valence-electron chi connectivity index (χ4n) is 1.83. The zero-order valence-corrected chi connectivity index (χ0v) is 12.6. The van der Waals surface area contributed by atoms with Gasteiger partial charge in [0.25, 0.3) is 0 Å². The maximum atomic E-state index is 13.5. The molecule has 1 aromatic carbocycles. The Balaban J connectivity index is 1.63. The fourth-order valence-corrected chi connectivity index (χ4v) is 2.48. The molecule has 0 aliphatic heterocycles. The number of thioether (sulfide) groups is 1. The maximum absolute atomic E-state index is 13.5. The van der Waals surface area contributed by atoms with Crippen LogP contribution in [0, 0.1) is 5.82 Å². The Hall–Kier alpha value is -2.81. The van der Waals surface area contributed by atoms with E-state index in [9.17, 15) is 9.18 Å². The van der Waals surface area contributed by atoms with Crippen LogP contribution in [0.15, 0.2) is 52.2 Å². The number of para-hydroxylation sites is 1. The number of hydrogen-bond acceptors (Lipinski definition) is 6. The van der Waals surface area contributed by atoms with Crippen molar-refractivity contribution in [2.24, 2.45) is 0 Å². The molecular formula is C14H12FN5O2S. The lowest BCUT2D eigenvalue weighted by Gasteiger charge is -2.05. The average molecular weight is 333 g/mol. The van der Waals surface area contributed by atoms with Gasteiger partial charge in [-0.05, 0) is 24.3 Å². The fraction of sp³-hybridized carbons (Fsp3) is 0.0714. The predicted octanol–water partition coefficient (Wildman–Crippen LogP) is 2.12. The van der Waals surface area contributed by atoms with Crippen LogP contribution in [0.5, 0.6) is 0 Å². The third kappa shape index (κ3) is 3.34. The second-order valence-electron chi connectivity index (χ2n) is 4.47. The van der Waals surface area contributed by atoms with Crippen molar-refractivity contribution in [1.82, 2.24) is 14.9 Å². The van der Waals surface area contributed by atoms with Gasteiger partial charge in [0.2, 0.25) is 16.9 Å². The van der Waals surface area contributed by atoms with Crippen LogP contribution in [0.2, 0.25) is 0 Å². The van der Waals surface area contributed by atoms with Crippen LogP contribution in [-0.2, 0) is 4.79 Å². The minimum atomic E-state index is -0.493. The molecule has 1 amide bonds. The van der Waals surface area contributed by atoms with Gasteiger partial charge in [0.05, 0.1) is 17.7 Å². The third-order valence-electron chi connectivity index (χ3n) is 2.89. The highest BCUT2D eigenvalue weighted by Crippen LogP contribution is 2.22. The van der Waals surface area contributed by atoms with E-state index in [0.29, 0.717) is 16.7 Å². The van der Waals surface area contributed by atoms with E-state index in [-0.39, 0.29) is 17.3 Å². The molecular weight excluding hydrogens is 321 g/mol. The number of anilines is 1. The first-order chi connectivity index (χ1) is 11.1. The molecule has 9 heteroatoms. The Morgan fingerprint density at radius 3 is 2.87 bits per heavy atom. The third-order valence-corrected chi connectivity index (χ3v) is 3.83. The summed E-state index contributed by atoms with van der Waals surface area (Å²) in [7, 11) is 0. The van der Waals surface area contributed by atoms with Crippen LogP contribution in [0.1, 0.15) is 0 Å². The highest BCUT2D eigenvalue weighted by Gasteiger charge is 2.15. The van der Waals surface area contributed by atoms with E-state index >= 15 is 0 Å². The first kappa shape index (κ1) is 15.1. The zero-order valence-electron chi connectivity index (χ0n) is 11.8. The Kier molecular flexibility index (Phi) is 4.29. The molecule has 2 heterocycles. The lowest BCUT2D eigenvalue weighted by atomic mass is 10.3. The van der Waals surface area contributed by atoms with Gasteiger partial charge < -0.3 is 15.6 Å². The van der Waals surface area contributed by atoms with E-state index in [1.807, 2.05) is 0 Å². The number of nitrogens with zero attached hydrogens (tertiary/aromatic N) is 3. The quantitative estimate of drug-likeness (QED) is 0.548. The summed E-state index contributed by atoms with van der Waals surface area (Å²) in [6, 6.07) is 9.35. The SMILES string of the molecule is Nn1c(SCC(=O)Nc2ccccc2F)nnc1-c1ccco1. The average Bonchev–Trinajstić information content (AvgIpc) is 3.17. The molecule has 0 radical (unpaired) electrons. The van der Waals surface area contributed by atoms with Gasteiger partial charge in [0.1, 0.15) is 5.82 Å². The summed E-state index contributed by atoms with van der Waals surface area (Å²) in [5, 5.41) is 10.7. The summed E-state index contributed by atoms with van der Waals surface area (Å²) in [4.78, 5) is 11.9. The smallest absolute Gasteiger partial charge is 0.234 e. The molecule has 0 spiro atoms. The molecule has 0 unspecified atom stereocenters. The minimum Gasteiger partial charge on any atom is -0.461 e. The number of hydrogen-bond donors (Lipinski definition) is 2. The van der Waals surface area contributed by atoms with Crippen LogP contribution in [-0.4, -0.2) is 26.5 Å². The standard InChI is InChI=1S/C14H12FN5O2S/c15-9-4-1-2-5-10(9)17-12(21)8-23-14-19-18-13(20(14)16)11-6-3-7-22-11/h1-7H,8,16H2,(H,17,21). The van der Waals surface area contributed by atoms with Crippen molar-refractivity contribution in [1.29, 1.82) is 0 Å². The van der Waals surface area contributed by atoms with Gasteiger partial charge >= 0.3 is 0 Å². The number of halogens is 1. The van der Waals surface area contributed by atoms with Crippen molar-refractivity contribution >= 4 is 23.4 Å². The zero-order chi connectivity index (χ0) is 16.2. The van der Waals surface area contributed by atoms with Gasteiger partial charge in [-0.2, -0.15) is 0 Å². The van der Waals surface area contributed by atoms with E-state index in [4.69, 9.17) is 10.3 Å². The lowest BCUT2D eigenvalue weighted by molar-refractivity contribution is -0.113. The number of nitrogens with two attached hydrogens (primary N) is 1. The summed E-state index contributed by atoms with van der Waals surface area (Å²) < 4.78 is 19.9. The van der Waals surface area contributed by atoms with Gasteiger partial charge in [-0.25, -0.2) is 9.07 Å². The molecule has 3 rings (SSSR count). The van der Waals surface area contributed by atoms with Crippen molar-refractivity contribution in [2.45, 2.75) is 5.16 Å². The number of nitrogen functional groups attached to an aromatic ring is 1. The number of amides is 1. The van der Waals surface area contributed by atoms with Crippen LogP contribution in [0.4, 0.5) is 10.1 Å². The number of carbonyl (C=O) groups excluding carboxylic acids is 1. The molecule has 0 fully saturated rings. The molecule has 0 aliphatic rings. The Morgan fingerprint density at radius 1 is 1.30 bits per heavy atom. The van der Waals surface area contributed by atoms with Crippen molar-refractivity contribution in [3.05, 3.63) is 48.5 Å². The summed E-state index contributed by atoms with van der Waals surface area (Å²) in [6.45, 7) is 0. The number of nitrogens with one attached hydrogen (secondary N) is 1. The van der Waals surface area contributed by atoms with Gasteiger partial charge in [0.15, 0.2) is 5.76 Å². The second-order valence-corrected chi connectivity index (χ2v) is 5.41. The molecule has 7 nitrogen and oxygen atoms in total. The van der Waals surface area contributed by atoms with Crippen molar-refractivity contribution in [3.63, 3.8) is 0 Å². The second kappa shape index (κ2) is 6.53. The highest BCUT2D eigenvalue weighted by molar-refractivity contribution is 7.99. The molecule has 0 atom stereocenters. The Morgan fingerprint density at radius 2 is 2.13 bits per heavy atom. The van der Waals surface area contributed by atoms with E-state index in [2.05, 4.69) is 15.5 Å². The van der Waals surface area contributed by atoms with Crippen molar-refractivity contribution in [2.75, 3.05) is 16.9 Å². The Labute approximate surface area is 134 Å². The summed E-state index contributed by atoms with van der Waals surface area (Å²) >= 11 is 1.09. The maximum Gasteiger partial charge on any atom is 0.234 e. The van der Waals surface area contributed by atoms with E-state index in [0.717, 1.165) is 11.8 Å². The Bertz CT molecular complexity index is 818.